The average molecular weight is 427 g/mol. The largest absolute Gasteiger partial charge is 0.416 e. The van der Waals surface area contributed by atoms with Gasteiger partial charge in [-0.1, -0.05) is 66.4 Å². The monoisotopic (exact) mass is 427 g/mol. The van der Waals surface area contributed by atoms with Crippen molar-refractivity contribution in [2.75, 3.05) is 7.05 Å². The highest BCUT2D eigenvalue weighted by Crippen LogP contribution is 2.42. The average Bonchev–Trinajstić information content (AvgIpc) is 3.07. The summed E-state index contributed by atoms with van der Waals surface area (Å²) in [5, 5.41) is 5.62. The summed E-state index contributed by atoms with van der Waals surface area (Å²) in [6, 6.07) is 19.2. The van der Waals surface area contributed by atoms with Gasteiger partial charge in [0.1, 0.15) is 0 Å². The van der Waals surface area contributed by atoms with Gasteiger partial charge in [-0.2, -0.15) is 13.2 Å². The quantitative estimate of drug-likeness (QED) is 0.536. The smallest absolute Gasteiger partial charge is 0.382 e. The van der Waals surface area contributed by atoms with Gasteiger partial charge in [0.15, 0.2) is 5.78 Å². The molecule has 0 aromatic heterocycles. The van der Waals surface area contributed by atoms with Crippen LogP contribution in [0.1, 0.15) is 23.1 Å². The van der Waals surface area contributed by atoms with Crippen LogP contribution in [0, 0.1) is 0 Å². The van der Waals surface area contributed by atoms with Gasteiger partial charge in [-0.25, -0.2) is 0 Å². The van der Waals surface area contributed by atoms with Crippen LogP contribution in [-0.2, 0) is 17.4 Å². The Kier molecular flexibility index (Phi) is 5.60. The van der Waals surface area contributed by atoms with Crippen molar-refractivity contribution in [3.63, 3.8) is 0 Å². The maximum Gasteiger partial charge on any atom is 0.416 e. The number of fused-ring (bicyclic) bond motifs is 1. The van der Waals surface area contributed by atoms with E-state index in [4.69, 9.17) is 0 Å². The molecule has 1 aliphatic rings. The van der Waals surface area contributed by atoms with Gasteiger partial charge < -0.3 is 5.32 Å². The van der Waals surface area contributed by atoms with E-state index in [2.05, 4.69) is 29.6 Å². The van der Waals surface area contributed by atoms with E-state index in [9.17, 15) is 18.0 Å². The van der Waals surface area contributed by atoms with E-state index >= 15 is 0 Å². The van der Waals surface area contributed by atoms with Crippen LogP contribution in [0.25, 0.3) is 16.3 Å². The van der Waals surface area contributed by atoms with E-state index in [0.717, 1.165) is 29.3 Å². The number of carbonyl (C=O) groups excluding carboxylic acids is 1. The van der Waals surface area contributed by atoms with Crippen LogP contribution in [0.15, 0.2) is 71.8 Å². The number of aryl methyl sites for hydroxylation is 1. The summed E-state index contributed by atoms with van der Waals surface area (Å²) < 4.78 is 39.4. The molecule has 1 N–H and O–H groups in total. The van der Waals surface area contributed by atoms with E-state index < -0.39 is 11.7 Å². The fourth-order valence-corrected chi connectivity index (χ4v) is 5.02. The summed E-state index contributed by atoms with van der Waals surface area (Å²) in [6.45, 7) is 0. The van der Waals surface area contributed by atoms with Crippen LogP contribution in [-0.4, -0.2) is 18.1 Å². The highest BCUT2D eigenvalue weighted by atomic mass is 32.2. The molecule has 0 bridgehead atoms. The number of carbonyl (C=O) groups is 1. The fourth-order valence-electron chi connectivity index (χ4n) is 3.82. The first-order valence-corrected chi connectivity index (χ1v) is 10.5. The molecule has 154 valence electrons. The zero-order valence-corrected chi connectivity index (χ0v) is 17.1. The van der Waals surface area contributed by atoms with E-state index in [-0.39, 0.29) is 11.0 Å². The van der Waals surface area contributed by atoms with E-state index in [1.54, 1.807) is 13.1 Å². The zero-order chi connectivity index (χ0) is 21.3. The lowest BCUT2D eigenvalue weighted by molar-refractivity contribution is -0.137. The number of ketones is 1. The molecular weight excluding hydrogens is 407 g/mol. The van der Waals surface area contributed by atoms with E-state index in [1.807, 2.05) is 18.2 Å². The summed E-state index contributed by atoms with van der Waals surface area (Å²) in [5.41, 5.74) is 1.07. The molecule has 0 amide bonds. The lowest BCUT2D eigenvalue weighted by atomic mass is 9.95. The number of alkyl halides is 3. The number of Topliss-reactive ketones (excluding diaryl/α,β-unsaturated/α-hetero) is 1. The molecule has 30 heavy (non-hydrogen) atoms. The Bertz CT molecular complexity index is 1130. The van der Waals surface area contributed by atoms with Gasteiger partial charge in [-0.3, -0.25) is 4.79 Å². The molecule has 0 saturated carbocycles. The maximum atomic E-state index is 13.1. The molecule has 2 nitrogen and oxygen atoms in total. The summed E-state index contributed by atoms with van der Waals surface area (Å²) in [5.74, 6) is -0.121. The number of hydrogen-bond acceptors (Lipinski definition) is 3. The number of hydrogen-bond donors (Lipinski definition) is 1. The maximum absolute atomic E-state index is 13.1. The van der Waals surface area contributed by atoms with Crippen molar-refractivity contribution in [2.45, 2.75) is 24.3 Å². The molecule has 3 aromatic rings. The minimum atomic E-state index is -4.45. The predicted octanol–water partition coefficient (Wildman–Crippen LogP) is 6.06. The first kappa shape index (κ1) is 20.5. The minimum absolute atomic E-state index is 0.121. The molecule has 1 aliphatic heterocycles. The van der Waals surface area contributed by atoms with Crippen molar-refractivity contribution in [1.82, 2.24) is 5.32 Å². The van der Waals surface area contributed by atoms with Gasteiger partial charge in [0.25, 0.3) is 0 Å². The third-order valence-corrected chi connectivity index (χ3v) is 6.67. The summed E-state index contributed by atoms with van der Waals surface area (Å²) in [7, 11) is 1.69. The van der Waals surface area contributed by atoms with Gasteiger partial charge in [0, 0.05) is 7.05 Å². The Labute approximate surface area is 177 Å². The van der Waals surface area contributed by atoms with Crippen LogP contribution in [0.5, 0.6) is 0 Å². The van der Waals surface area contributed by atoms with E-state index in [1.165, 1.54) is 23.4 Å². The Morgan fingerprint density at radius 1 is 1.00 bits per heavy atom. The molecule has 3 aromatic carbocycles. The van der Waals surface area contributed by atoms with Crippen molar-refractivity contribution in [2.24, 2.45) is 0 Å². The van der Waals surface area contributed by atoms with Crippen molar-refractivity contribution in [3.8, 4) is 0 Å². The third-order valence-electron chi connectivity index (χ3n) is 5.29. The SMILES string of the molecule is CNC1=C(c2cccc(C(F)(F)F)c2)C(=O)C(CCc2cccc3ccccc23)S1. The van der Waals surface area contributed by atoms with Crippen molar-refractivity contribution < 1.29 is 18.0 Å². The zero-order valence-electron chi connectivity index (χ0n) is 16.3. The Balaban J connectivity index is 1.57. The summed E-state index contributed by atoms with van der Waals surface area (Å²) >= 11 is 1.40. The van der Waals surface area contributed by atoms with Crippen LogP contribution in [0.3, 0.4) is 0 Å². The normalized spacial score (nSPS) is 17.1. The molecular formula is C24H20F3NOS. The van der Waals surface area contributed by atoms with Gasteiger partial charge in [0.2, 0.25) is 0 Å². The van der Waals surface area contributed by atoms with Gasteiger partial charge in [-0.05, 0) is 46.9 Å². The molecule has 0 radical (unpaired) electrons. The molecule has 0 saturated heterocycles. The molecule has 0 fully saturated rings. The van der Waals surface area contributed by atoms with Gasteiger partial charge in [0.05, 0.1) is 21.4 Å². The van der Waals surface area contributed by atoms with Crippen molar-refractivity contribution >= 4 is 33.9 Å². The number of rotatable bonds is 5. The van der Waals surface area contributed by atoms with Gasteiger partial charge in [-0.15, -0.1) is 0 Å². The predicted molar refractivity (Wildman–Crippen MR) is 116 cm³/mol. The minimum Gasteiger partial charge on any atom is -0.382 e. The first-order chi connectivity index (χ1) is 14.4. The second kappa shape index (κ2) is 8.19. The second-order valence-corrected chi connectivity index (χ2v) is 8.39. The fraction of sp³-hybridized carbons (Fsp3) is 0.208. The number of allylic oxidation sites excluding steroid dienone is 1. The molecule has 4 rings (SSSR count). The molecule has 1 atom stereocenters. The number of benzene rings is 3. The Morgan fingerprint density at radius 2 is 1.73 bits per heavy atom. The van der Waals surface area contributed by atoms with E-state index in [0.29, 0.717) is 22.6 Å². The lowest BCUT2D eigenvalue weighted by Gasteiger charge is -2.11. The highest BCUT2D eigenvalue weighted by Gasteiger charge is 2.36. The van der Waals surface area contributed by atoms with Crippen LogP contribution in [0.4, 0.5) is 13.2 Å². The molecule has 6 heteroatoms. The Morgan fingerprint density at radius 3 is 2.50 bits per heavy atom. The van der Waals surface area contributed by atoms with Crippen LogP contribution < -0.4 is 5.32 Å². The molecule has 0 spiro atoms. The van der Waals surface area contributed by atoms with Crippen LogP contribution in [0.2, 0.25) is 0 Å². The third kappa shape index (κ3) is 3.97. The van der Waals surface area contributed by atoms with Gasteiger partial charge >= 0.3 is 6.18 Å². The summed E-state index contributed by atoms with van der Waals surface area (Å²) in [6.07, 6.45) is -3.11. The van der Waals surface area contributed by atoms with Crippen molar-refractivity contribution in [1.29, 1.82) is 0 Å². The molecule has 1 unspecified atom stereocenters. The first-order valence-electron chi connectivity index (χ1n) is 9.65. The highest BCUT2D eigenvalue weighted by molar-refractivity contribution is 8.05. The number of halogens is 3. The lowest BCUT2D eigenvalue weighted by Crippen LogP contribution is -2.15. The number of thioether (sulfide) groups is 1. The Hall–Kier alpha value is -2.73. The number of nitrogens with one attached hydrogen (secondary N) is 1. The molecule has 0 aliphatic carbocycles. The molecule has 1 heterocycles. The topological polar surface area (TPSA) is 29.1 Å². The standard InChI is InChI=1S/C24H20F3NOS/c1-28-23-21(17-9-5-10-18(14-17)24(25,26)27)22(29)20(30-23)13-12-16-8-4-7-15-6-2-3-11-19(15)16/h2-11,14,20,28H,12-13H2,1H3. The van der Waals surface area contributed by atoms with Crippen LogP contribution >= 0.6 is 11.8 Å². The summed E-state index contributed by atoms with van der Waals surface area (Å²) in [4.78, 5) is 13.1. The second-order valence-electron chi connectivity index (χ2n) is 7.18. The van der Waals surface area contributed by atoms with Crippen molar-refractivity contribution in [3.05, 3.63) is 88.4 Å².